The Bertz CT molecular complexity index is 369. The fraction of sp³-hybridized carbons (Fsp3) is 0.200. The molecule has 0 aliphatic carbocycles. The topological polar surface area (TPSA) is 56.1 Å². The van der Waals surface area contributed by atoms with Gasteiger partial charge in [0.05, 0.1) is 5.91 Å². The number of carbonyl (C=O) groups is 1. The number of nitrogens with zero attached hydrogens (tertiary/aromatic N) is 1. The molecule has 1 aromatic carbocycles. The molecule has 1 radical (unpaired) electrons. The van der Waals surface area contributed by atoms with Crippen LogP contribution in [-0.4, -0.2) is 13.0 Å². The van der Waals surface area contributed by atoms with Crippen molar-refractivity contribution in [2.75, 3.05) is 11.9 Å². The van der Waals surface area contributed by atoms with Crippen LogP contribution in [0.4, 0.5) is 5.69 Å². The molecular formula is C10H11N3OY-2. The molecule has 0 fully saturated rings. The van der Waals surface area contributed by atoms with E-state index in [0.717, 1.165) is 11.3 Å². The van der Waals surface area contributed by atoms with Crippen LogP contribution in [0.5, 0.6) is 0 Å². The molecule has 0 aromatic heterocycles. The number of amides is 1. The van der Waals surface area contributed by atoms with E-state index in [4.69, 9.17) is 5.84 Å². The molecule has 1 aliphatic rings. The van der Waals surface area contributed by atoms with Gasteiger partial charge in [0, 0.05) is 45.4 Å². The molecule has 4 nitrogen and oxygen atoms in total. The van der Waals surface area contributed by atoms with Crippen LogP contribution in [0.25, 0.3) is 5.84 Å². The fourth-order valence-corrected chi connectivity index (χ4v) is 1.64. The molecule has 2 rings (SSSR count). The molecule has 0 saturated carbocycles. The molecule has 0 spiro atoms. The molecule has 1 amide bonds. The van der Waals surface area contributed by atoms with E-state index in [9.17, 15) is 4.79 Å². The van der Waals surface area contributed by atoms with Gasteiger partial charge in [-0.05, 0) is 11.6 Å². The van der Waals surface area contributed by atoms with Crippen LogP contribution < -0.4 is 10.3 Å². The summed E-state index contributed by atoms with van der Waals surface area (Å²) in [4.78, 5) is 13.1. The van der Waals surface area contributed by atoms with Crippen molar-refractivity contribution in [2.24, 2.45) is 0 Å². The maximum atomic E-state index is 11.5. The Morgan fingerprint density at radius 2 is 2.13 bits per heavy atom. The number of nitrogens with one attached hydrogen (secondary N) is 2. The SMILES string of the molecule is CN1C(=O)[CH-]C(N[NH-])c2ccccc21.[Y]. The number of benzene rings is 1. The molecule has 1 atom stereocenters. The minimum atomic E-state index is -0.296. The molecule has 1 aliphatic heterocycles. The first kappa shape index (κ1) is 12.7. The molecule has 15 heavy (non-hydrogen) atoms. The van der Waals surface area contributed by atoms with Crippen molar-refractivity contribution in [1.82, 2.24) is 5.43 Å². The molecule has 1 unspecified atom stereocenters. The number of anilines is 1. The van der Waals surface area contributed by atoms with E-state index in [1.165, 1.54) is 6.42 Å². The van der Waals surface area contributed by atoms with Crippen LogP contribution in [0.15, 0.2) is 24.3 Å². The van der Waals surface area contributed by atoms with Gasteiger partial charge in [-0.15, -0.1) is 0 Å². The van der Waals surface area contributed by atoms with Gasteiger partial charge >= 0.3 is 0 Å². The molecule has 0 saturated heterocycles. The van der Waals surface area contributed by atoms with Crippen molar-refractivity contribution in [2.45, 2.75) is 6.04 Å². The summed E-state index contributed by atoms with van der Waals surface area (Å²) in [6, 6.07) is 7.29. The van der Waals surface area contributed by atoms with Gasteiger partial charge in [-0.1, -0.05) is 24.2 Å². The Morgan fingerprint density at radius 1 is 1.47 bits per heavy atom. The minimum Gasteiger partial charge on any atom is -0.614 e. The van der Waals surface area contributed by atoms with Gasteiger partial charge in [-0.25, -0.2) is 0 Å². The zero-order valence-electron chi connectivity index (χ0n) is 8.40. The summed E-state index contributed by atoms with van der Waals surface area (Å²) in [5.74, 6) is 7.06. The number of hydrogen-bond acceptors (Lipinski definition) is 2. The molecule has 1 heterocycles. The number of fused-ring (bicyclic) bond motifs is 1. The van der Waals surface area contributed by atoms with Gasteiger partial charge < -0.3 is 21.0 Å². The van der Waals surface area contributed by atoms with Gasteiger partial charge in [0.25, 0.3) is 0 Å². The Balaban J connectivity index is 0.00000112. The van der Waals surface area contributed by atoms with Crippen molar-refractivity contribution >= 4 is 11.6 Å². The van der Waals surface area contributed by atoms with Crippen molar-refractivity contribution in [3.8, 4) is 0 Å². The van der Waals surface area contributed by atoms with Gasteiger partial charge in [-0.3, -0.25) is 6.42 Å². The number of carbonyl (C=O) groups excluding carboxylic acids is 1. The maximum Gasteiger partial charge on any atom is 0.0907 e. The van der Waals surface area contributed by atoms with Crippen molar-refractivity contribution in [3.63, 3.8) is 0 Å². The zero-order chi connectivity index (χ0) is 10.1. The van der Waals surface area contributed by atoms with E-state index < -0.39 is 0 Å². The first-order valence-corrected chi connectivity index (χ1v) is 4.38. The van der Waals surface area contributed by atoms with E-state index in [0.29, 0.717) is 0 Å². The fourth-order valence-electron chi connectivity index (χ4n) is 1.64. The summed E-state index contributed by atoms with van der Waals surface area (Å²) in [5, 5.41) is 0. The van der Waals surface area contributed by atoms with Crippen molar-refractivity contribution in [3.05, 3.63) is 42.1 Å². The van der Waals surface area contributed by atoms with Crippen molar-refractivity contribution < 1.29 is 37.5 Å². The minimum absolute atomic E-state index is 0. The van der Waals surface area contributed by atoms with E-state index in [1.54, 1.807) is 11.9 Å². The van der Waals surface area contributed by atoms with Crippen molar-refractivity contribution in [1.29, 1.82) is 0 Å². The Hall–Kier alpha value is -0.416. The zero-order valence-corrected chi connectivity index (χ0v) is 11.2. The summed E-state index contributed by atoms with van der Waals surface area (Å²) < 4.78 is 0. The van der Waals surface area contributed by atoms with E-state index in [2.05, 4.69) is 5.43 Å². The summed E-state index contributed by atoms with van der Waals surface area (Å²) in [6.45, 7) is 0. The van der Waals surface area contributed by atoms with Crippen LogP contribution in [0.3, 0.4) is 0 Å². The summed E-state index contributed by atoms with van der Waals surface area (Å²) in [5.41, 5.74) is 4.19. The first-order chi connectivity index (χ1) is 6.74. The van der Waals surface area contributed by atoms with Gasteiger partial charge in [0.1, 0.15) is 0 Å². The monoisotopic (exact) mass is 278 g/mol. The van der Waals surface area contributed by atoms with Crippen LogP contribution >= 0.6 is 0 Å². The maximum absolute atomic E-state index is 11.5. The second kappa shape index (κ2) is 5.08. The second-order valence-electron chi connectivity index (χ2n) is 3.24. The summed E-state index contributed by atoms with van der Waals surface area (Å²) >= 11 is 0. The van der Waals surface area contributed by atoms with E-state index in [1.807, 2.05) is 24.3 Å². The summed E-state index contributed by atoms with van der Waals surface area (Å²) in [6.07, 6.45) is 1.51. The van der Waals surface area contributed by atoms with Crippen LogP contribution in [0.2, 0.25) is 0 Å². The van der Waals surface area contributed by atoms with E-state index >= 15 is 0 Å². The van der Waals surface area contributed by atoms with Gasteiger partial charge in [0.2, 0.25) is 0 Å². The molecule has 5 heteroatoms. The van der Waals surface area contributed by atoms with Gasteiger partial charge in [0.15, 0.2) is 0 Å². The smallest absolute Gasteiger partial charge is 0.0907 e. The molecule has 0 bridgehead atoms. The third kappa shape index (κ3) is 2.23. The Labute approximate surface area is 114 Å². The Kier molecular flexibility index (Phi) is 4.28. The van der Waals surface area contributed by atoms with Crippen LogP contribution in [-0.2, 0) is 37.5 Å². The molecule has 1 aromatic rings. The number of para-hydroxylation sites is 1. The average molecular weight is 278 g/mol. The standard InChI is InChI=1S/C10H11N3O.Y/c1-13-9-5-3-2-4-7(9)8(12-11)6-10(13)14;/h2-6,8,11-12H,1H3;/q-2;. The average Bonchev–Trinajstić information content (AvgIpc) is 2.23. The summed E-state index contributed by atoms with van der Waals surface area (Å²) in [7, 11) is 1.73. The largest absolute Gasteiger partial charge is 0.614 e. The van der Waals surface area contributed by atoms with E-state index in [-0.39, 0.29) is 44.7 Å². The quantitative estimate of drug-likeness (QED) is 0.624. The number of hydrogen-bond donors (Lipinski definition) is 1. The Morgan fingerprint density at radius 3 is 2.80 bits per heavy atom. The molecular weight excluding hydrogens is 267 g/mol. The number of rotatable bonds is 1. The molecule has 77 valence electrons. The predicted octanol–water partition coefficient (Wildman–Crippen LogP) is 1.46. The molecule has 2 N–H and O–H groups in total. The third-order valence-electron chi connectivity index (χ3n) is 2.43. The van der Waals surface area contributed by atoms with Crippen LogP contribution in [0, 0.1) is 6.42 Å². The second-order valence-corrected chi connectivity index (χ2v) is 3.24. The normalized spacial score (nSPS) is 18.9. The first-order valence-electron chi connectivity index (χ1n) is 4.38. The third-order valence-corrected chi connectivity index (χ3v) is 2.43. The van der Waals surface area contributed by atoms with Crippen LogP contribution in [0.1, 0.15) is 11.6 Å². The van der Waals surface area contributed by atoms with Gasteiger partial charge in [-0.2, -0.15) is 0 Å². The predicted molar refractivity (Wildman–Crippen MR) is 54.4 cm³/mol.